The molecule has 29 heavy (non-hydrogen) atoms. The summed E-state index contributed by atoms with van der Waals surface area (Å²) in [6.45, 7) is 1.23. The lowest BCUT2D eigenvalue weighted by Gasteiger charge is -2.44. The SMILES string of the molecule is CN1C(=O)CN(S(C)(=O)=O)C[C@]1(C)C(=O)NCC(=O)NCCCc1ccccc1. The van der Waals surface area contributed by atoms with Gasteiger partial charge in [0.25, 0.3) is 0 Å². The zero-order valence-electron chi connectivity index (χ0n) is 17.0. The van der Waals surface area contributed by atoms with Crippen molar-refractivity contribution in [3.05, 3.63) is 35.9 Å². The maximum Gasteiger partial charge on any atom is 0.247 e. The van der Waals surface area contributed by atoms with Crippen molar-refractivity contribution in [1.29, 1.82) is 0 Å². The van der Waals surface area contributed by atoms with Crippen LogP contribution >= 0.6 is 0 Å². The fourth-order valence-electron chi connectivity index (χ4n) is 3.07. The van der Waals surface area contributed by atoms with E-state index in [0.717, 1.165) is 23.4 Å². The fourth-order valence-corrected chi connectivity index (χ4v) is 3.91. The van der Waals surface area contributed by atoms with Crippen molar-refractivity contribution in [1.82, 2.24) is 19.8 Å². The summed E-state index contributed by atoms with van der Waals surface area (Å²) in [5, 5.41) is 5.24. The summed E-state index contributed by atoms with van der Waals surface area (Å²) in [5.74, 6) is -1.41. The van der Waals surface area contributed by atoms with Gasteiger partial charge in [0.1, 0.15) is 5.54 Å². The number of likely N-dealkylation sites (N-methyl/N-ethyl adjacent to an activating group) is 1. The standard InChI is InChI=1S/C19H28N4O5S/c1-19(14-23(29(3,27)28)13-17(25)22(19)2)18(26)21-12-16(24)20-11-7-10-15-8-5-4-6-9-15/h4-6,8-9H,7,10-14H2,1-3H3,(H,20,24)(H,21,26)/t19-/m1/s1. The first-order valence-corrected chi connectivity index (χ1v) is 11.2. The van der Waals surface area contributed by atoms with Crippen LogP contribution in [0.3, 0.4) is 0 Å². The number of benzene rings is 1. The van der Waals surface area contributed by atoms with Crippen LogP contribution in [-0.4, -0.2) is 80.4 Å². The first-order chi connectivity index (χ1) is 13.5. The molecule has 0 saturated carbocycles. The van der Waals surface area contributed by atoms with Gasteiger partial charge in [-0.3, -0.25) is 14.4 Å². The summed E-state index contributed by atoms with van der Waals surface area (Å²) in [4.78, 5) is 38.0. The normalized spacial score (nSPS) is 20.4. The molecule has 1 aromatic rings. The highest BCUT2D eigenvalue weighted by Gasteiger charge is 2.47. The molecule has 1 aromatic carbocycles. The zero-order chi connectivity index (χ0) is 21.7. The Labute approximate surface area is 171 Å². The van der Waals surface area contributed by atoms with E-state index in [4.69, 9.17) is 0 Å². The Bertz CT molecular complexity index is 859. The maximum atomic E-state index is 12.7. The molecule has 1 heterocycles. The summed E-state index contributed by atoms with van der Waals surface area (Å²) in [7, 11) is -2.18. The van der Waals surface area contributed by atoms with Gasteiger partial charge in [0, 0.05) is 20.1 Å². The van der Waals surface area contributed by atoms with Gasteiger partial charge < -0.3 is 15.5 Å². The number of hydrogen-bond donors (Lipinski definition) is 2. The van der Waals surface area contributed by atoms with E-state index in [9.17, 15) is 22.8 Å². The second-order valence-corrected chi connectivity index (χ2v) is 9.36. The van der Waals surface area contributed by atoms with Gasteiger partial charge in [-0.15, -0.1) is 0 Å². The Balaban J connectivity index is 1.83. The molecule has 0 aliphatic carbocycles. The van der Waals surface area contributed by atoms with Crippen LogP contribution in [0.25, 0.3) is 0 Å². The number of hydrogen-bond acceptors (Lipinski definition) is 5. The van der Waals surface area contributed by atoms with Crippen LogP contribution in [-0.2, 0) is 30.8 Å². The van der Waals surface area contributed by atoms with Crippen molar-refractivity contribution in [2.24, 2.45) is 0 Å². The Morgan fingerprint density at radius 3 is 2.45 bits per heavy atom. The van der Waals surface area contributed by atoms with Crippen molar-refractivity contribution >= 4 is 27.7 Å². The molecule has 0 aromatic heterocycles. The Morgan fingerprint density at radius 2 is 1.83 bits per heavy atom. The lowest BCUT2D eigenvalue weighted by molar-refractivity contribution is -0.150. The molecular formula is C19H28N4O5S. The lowest BCUT2D eigenvalue weighted by Crippen LogP contribution is -2.68. The van der Waals surface area contributed by atoms with Gasteiger partial charge in [0.2, 0.25) is 27.7 Å². The summed E-state index contributed by atoms with van der Waals surface area (Å²) >= 11 is 0. The van der Waals surface area contributed by atoms with E-state index in [-0.39, 0.29) is 25.5 Å². The number of aryl methyl sites for hydroxylation is 1. The van der Waals surface area contributed by atoms with Gasteiger partial charge in [-0.05, 0) is 25.3 Å². The molecule has 2 N–H and O–H groups in total. The second-order valence-electron chi connectivity index (χ2n) is 7.38. The molecule has 1 fully saturated rings. The number of nitrogens with zero attached hydrogens (tertiary/aromatic N) is 2. The monoisotopic (exact) mass is 424 g/mol. The van der Waals surface area contributed by atoms with Gasteiger partial charge >= 0.3 is 0 Å². The van der Waals surface area contributed by atoms with E-state index >= 15 is 0 Å². The van der Waals surface area contributed by atoms with Crippen LogP contribution in [0.15, 0.2) is 30.3 Å². The van der Waals surface area contributed by atoms with Crippen LogP contribution in [0.1, 0.15) is 18.9 Å². The molecule has 1 atom stereocenters. The van der Waals surface area contributed by atoms with E-state index in [1.165, 1.54) is 24.4 Å². The highest BCUT2D eigenvalue weighted by molar-refractivity contribution is 7.88. The van der Waals surface area contributed by atoms with Crippen molar-refractivity contribution in [2.75, 3.05) is 39.5 Å². The number of piperazine rings is 1. The Morgan fingerprint density at radius 1 is 1.17 bits per heavy atom. The smallest absolute Gasteiger partial charge is 0.247 e. The Kier molecular flexibility index (Phi) is 7.37. The molecular weight excluding hydrogens is 396 g/mol. The summed E-state index contributed by atoms with van der Waals surface area (Å²) in [5.41, 5.74) is -0.213. The van der Waals surface area contributed by atoms with Gasteiger partial charge in [-0.25, -0.2) is 8.42 Å². The van der Waals surface area contributed by atoms with E-state index < -0.39 is 27.4 Å². The minimum absolute atomic E-state index is 0.168. The van der Waals surface area contributed by atoms with E-state index in [1.807, 2.05) is 30.3 Å². The fraction of sp³-hybridized carbons (Fsp3) is 0.526. The first-order valence-electron chi connectivity index (χ1n) is 9.35. The largest absolute Gasteiger partial charge is 0.355 e. The van der Waals surface area contributed by atoms with E-state index in [0.29, 0.717) is 6.54 Å². The molecule has 1 saturated heterocycles. The van der Waals surface area contributed by atoms with E-state index in [2.05, 4.69) is 10.6 Å². The minimum Gasteiger partial charge on any atom is -0.355 e. The van der Waals surface area contributed by atoms with Crippen LogP contribution in [0.4, 0.5) is 0 Å². The van der Waals surface area contributed by atoms with Gasteiger partial charge in [-0.2, -0.15) is 4.31 Å². The predicted molar refractivity (Wildman–Crippen MR) is 108 cm³/mol. The molecule has 10 heteroatoms. The third kappa shape index (κ3) is 6.01. The molecule has 1 aliphatic rings. The third-order valence-electron chi connectivity index (χ3n) is 5.09. The third-order valence-corrected chi connectivity index (χ3v) is 6.28. The van der Waals surface area contributed by atoms with Crippen molar-refractivity contribution < 1.29 is 22.8 Å². The predicted octanol–water partition coefficient (Wildman–Crippen LogP) is -0.656. The summed E-state index contributed by atoms with van der Waals surface area (Å²) in [6.07, 6.45) is 2.59. The van der Waals surface area contributed by atoms with Crippen molar-refractivity contribution in [2.45, 2.75) is 25.3 Å². The molecule has 0 bridgehead atoms. The maximum absolute atomic E-state index is 12.7. The van der Waals surface area contributed by atoms with Crippen LogP contribution in [0.2, 0.25) is 0 Å². The van der Waals surface area contributed by atoms with Crippen LogP contribution in [0.5, 0.6) is 0 Å². The average Bonchev–Trinajstić information content (AvgIpc) is 2.67. The zero-order valence-corrected chi connectivity index (χ0v) is 17.8. The number of carbonyl (C=O) groups is 3. The topological polar surface area (TPSA) is 116 Å². The highest BCUT2D eigenvalue weighted by atomic mass is 32.2. The highest BCUT2D eigenvalue weighted by Crippen LogP contribution is 2.22. The molecule has 1 aliphatic heterocycles. The number of sulfonamides is 1. The molecule has 0 radical (unpaired) electrons. The Hall–Kier alpha value is -2.46. The van der Waals surface area contributed by atoms with Gasteiger partial charge in [-0.1, -0.05) is 30.3 Å². The average molecular weight is 425 g/mol. The number of nitrogens with one attached hydrogen (secondary N) is 2. The molecule has 0 spiro atoms. The van der Waals surface area contributed by atoms with Crippen LogP contribution < -0.4 is 10.6 Å². The first kappa shape index (κ1) is 22.8. The van der Waals surface area contributed by atoms with E-state index in [1.54, 1.807) is 0 Å². The molecule has 2 rings (SSSR count). The molecule has 9 nitrogen and oxygen atoms in total. The number of rotatable bonds is 8. The van der Waals surface area contributed by atoms with Crippen molar-refractivity contribution in [3.63, 3.8) is 0 Å². The van der Waals surface area contributed by atoms with Crippen LogP contribution in [0, 0.1) is 0 Å². The summed E-state index contributed by atoms with van der Waals surface area (Å²) < 4.78 is 24.6. The quantitative estimate of drug-likeness (QED) is 0.538. The lowest BCUT2D eigenvalue weighted by atomic mass is 9.96. The molecule has 3 amide bonds. The number of amides is 3. The second kappa shape index (κ2) is 9.36. The molecule has 160 valence electrons. The van der Waals surface area contributed by atoms with Gasteiger partial charge in [0.05, 0.1) is 19.3 Å². The van der Waals surface area contributed by atoms with Crippen molar-refractivity contribution in [3.8, 4) is 0 Å². The molecule has 0 unspecified atom stereocenters. The minimum atomic E-state index is -3.63. The summed E-state index contributed by atoms with van der Waals surface area (Å²) in [6, 6.07) is 9.90. The number of carbonyl (C=O) groups excluding carboxylic acids is 3. The van der Waals surface area contributed by atoms with Gasteiger partial charge in [0.15, 0.2) is 0 Å².